The van der Waals surface area contributed by atoms with Gasteiger partial charge in [0.1, 0.15) is 6.07 Å². The van der Waals surface area contributed by atoms with Gasteiger partial charge in [0.15, 0.2) is 5.82 Å². The van der Waals surface area contributed by atoms with Crippen LogP contribution >= 0.6 is 11.6 Å². The molecule has 180 valence electrons. The van der Waals surface area contributed by atoms with Crippen LogP contribution in [-0.4, -0.2) is 9.97 Å². The van der Waals surface area contributed by atoms with Crippen molar-refractivity contribution >= 4 is 39.6 Å². The van der Waals surface area contributed by atoms with Crippen LogP contribution in [0.3, 0.4) is 0 Å². The summed E-state index contributed by atoms with van der Waals surface area (Å²) in [5, 5.41) is 17.0. The number of aryl methyl sites for hydroxylation is 1. The summed E-state index contributed by atoms with van der Waals surface area (Å²) in [7, 11) is 0. The molecule has 0 saturated heterocycles. The third-order valence-corrected chi connectivity index (χ3v) is 6.03. The molecule has 0 radical (unpaired) electrons. The minimum Gasteiger partial charge on any atom is -0.373 e. The van der Waals surface area contributed by atoms with Gasteiger partial charge in [-0.3, -0.25) is 4.98 Å². The number of fused-ring (bicyclic) bond motifs is 1. The average Bonchev–Trinajstić information content (AvgIpc) is 3.40. The molecule has 0 fully saturated rings. The van der Waals surface area contributed by atoms with E-state index >= 15 is 0 Å². The molecule has 1 aliphatic heterocycles. The van der Waals surface area contributed by atoms with Crippen molar-refractivity contribution in [1.29, 1.82) is 5.26 Å². The Balaban J connectivity index is 1.61. The molecule has 0 bridgehead atoms. The molecule has 0 amide bonds. The van der Waals surface area contributed by atoms with Gasteiger partial charge < -0.3 is 21.5 Å². The molecule has 5 N–H and O–H groups in total. The second kappa shape index (κ2) is 9.65. The van der Waals surface area contributed by atoms with Gasteiger partial charge in [-0.1, -0.05) is 35.9 Å². The van der Waals surface area contributed by atoms with E-state index in [0.29, 0.717) is 27.3 Å². The lowest BCUT2D eigenvalue weighted by molar-refractivity contribution is 0.480. The van der Waals surface area contributed by atoms with E-state index in [4.69, 9.17) is 11.6 Å². The number of aromatic nitrogens is 2. The van der Waals surface area contributed by atoms with Crippen LogP contribution in [0.5, 0.6) is 0 Å². The number of nitrogens with one attached hydrogen (secondary N) is 5. The molecule has 8 nitrogen and oxygen atoms in total. The van der Waals surface area contributed by atoms with Crippen molar-refractivity contribution in [3.8, 4) is 6.07 Å². The van der Waals surface area contributed by atoms with Crippen molar-refractivity contribution < 1.29 is 8.78 Å². The number of anilines is 3. The molecule has 2 aromatic heterocycles. The van der Waals surface area contributed by atoms with Crippen molar-refractivity contribution in [1.82, 2.24) is 26.4 Å². The first-order valence-electron chi connectivity index (χ1n) is 10.8. The normalized spacial score (nSPS) is 13.4. The van der Waals surface area contributed by atoms with E-state index in [0.717, 1.165) is 29.1 Å². The predicted molar refractivity (Wildman–Crippen MR) is 134 cm³/mol. The summed E-state index contributed by atoms with van der Waals surface area (Å²) < 4.78 is 27.1. The van der Waals surface area contributed by atoms with Crippen LogP contribution in [0.4, 0.5) is 25.8 Å². The van der Waals surface area contributed by atoms with Crippen molar-refractivity contribution in [3.05, 3.63) is 100 Å². The molecule has 36 heavy (non-hydrogen) atoms. The zero-order chi connectivity index (χ0) is 25.2. The van der Waals surface area contributed by atoms with Crippen LogP contribution in [0.25, 0.3) is 10.9 Å². The van der Waals surface area contributed by atoms with Gasteiger partial charge in [-0.2, -0.15) is 15.2 Å². The predicted octanol–water partition coefficient (Wildman–Crippen LogP) is 5.09. The highest BCUT2D eigenvalue weighted by atomic mass is 35.5. The third kappa shape index (κ3) is 4.45. The van der Waals surface area contributed by atoms with E-state index in [-0.39, 0.29) is 17.3 Å². The van der Waals surface area contributed by atoms with Crippen LogP contribution in [0.1, 0.15) is 22.7 Å². The molecule has 5 rings (SSSR count). The van der Waals surface area contributed by atoms with Crippen molar-refractivity contribution in [2.75, 3.05) is 10.6 Å². The van der Waals surface area contributed by atoms with Gasteiger partial charge in [-0.15, -0.1) is 0 Å². The van der Waals surface area contributed by atoms with Crippen LogP contribution in [0.2, 0.25) is 5.02 Å². The molecule has 0 aliphatic carbocycles. The van der Waals surface area contributed by atoms with Gasteiger partial charge in [-0.25, -0.2) is 9.37 Å². The van der Waals surface area contributed by atoms with Crippen LogP contribution in [0, 0.1) is 30.0 Å². The Labute approximate surface area is 210 Å². The fourth-order valence-corrected chi connectivity index (χ4v) is 4.28. The second-order valence-electron chi connectivity index (χ2n) is 8.06. The fraction of sp³-hybridized carbons (Fsp3) is 0.0800. The van der Waals surface area contributed by atoms with E-state index in [1.807, 2.05) is 37.4 Å². The molecule has 0 saturated carbocycles. The number of hydrogen-bond acceptors (Lipinski definition) is 8. The number of hydrogen-bond donors (Lipinski definition) is 5. The molecule has 11 heteroatoms. The Hall–Kier alpha value is -4.46. The third-order valence-electron chi connectivity index (χ3n) is 5.74. The fourth-order valence-electron chi connectivity index (χ4n) is 4.01. The summed E-state index contributed by atoms with van der Waals surface area (Å²) in [4.78, 5) is 7.74. The van der Waals surface area contributed by atoms with E-state index in [1.165, 1.54) is 6.20 Å². The minimum absolute atomic E-state index is 0.169. The Morgan fingerprint density at radius 2 is 1.92 bits per heavy atom. The molecule has 1 atom stereocenters. The first kappa shape index (κ1) is 23.3. The van der Waals surface area contributed by atoms with E-state index < -0.39 is 11.8 Å². The van der Waals surface area contributed by atoms with Gasteiger partial charge >= 0.3 is 0 Å². The lowest BCUT2D eigenvalue weighted by Gasteiger charge is -2.24. The maximum absolute atomic E-state index is 13.8. The average molecular weight is 505 g/mol. The number of halogens is 3. The van der Waals surface area contributed by atoms with Crippen molar-refractivity contribution in [2.45, 2.75) is 13.0 Å². The number of rotatable bonds is 6. The Morgan fingerprint density at radius 3 is 2.64 bits per heavy atom. The molecule has 0 unspecified atom stereocenters. The van der Waals surface area contributed by atoms with Crippen molar-refractivity contribution in [3.63, 3.8) is 0 Å². The number of benzene rings is 2. The van der Waals surface area contributed by atoms with Gasteiger partial charge in [0, 0.05) is 29.5 Å². The second-order valence-corrected chi connectivity index (χ2v) is 8.47. The van der Waals surface area contributed by atoms with Gasteiger partial charge in [0.05, 0.1) is 45.4 Å². The summed E-state index contributed by atoms with van der Waals surface area (Å²) >= 11 is 6.61. The molecule has 3 heterocycles. The Kier molecular flexibility index (Phi) is 6.25. The van der Waals surface area contributed by atoms with Crippen molar-refractivity contribution in [2.24, 2.45) is 0 Å². The maximum Gasteiger partial charge on any atom is 0.249 e. The summed E-state index contributed by atoms with van der Waals surface area (Å²) in [5.41, 5.74) is 13.6. The number of nitriles is 1. The highest BCUT2D eigenvalue weighted by molar-refractivity contribution is 6.36. The zero-order valence-corrected chi connectivity index (χ0v) is 19.6. The summed E-state index contributed by atoms with van der Waals surface area (Å²) in [6.45, 7) is 2.02. The zero-order valence-electron chi connectivity index (χ0n) is 18.8. The van der Waals surface area contributed by atoms with Gasteiger partial charge in [0.25, 0.3) is 0 Å². The Bertz CT molecular complexity index is 1550. The van der Waals surface area contributed by atoms with Crippen LogP contribution in [-0.2, 0) is 0 Å². The molecule has 0 spiro atoms. The lowest BCUT2D eigenvalue weighted by Crippen LogP contribution is -2.34. The van der Waals surface area contributed by atoms with Gasteiger partial charge in [-0.05, 0) is 30.2 Å². The maximum atomic E-state index is 13.8. The van der Waals surface area contributed by atoms with Crippen LogP contribution in [0.15, 0.2) is 66.8 Å². The molecule has 1 aliphatic rings. The smallest absolute Gasteiger partial charge is 0.249 e. The SMILES string of the molecule is Cc1ccccc1[C@H](Nc1cc(Cl)c2ncc(C#N)c(Nc3cnc(F)c(F)c3)c2c1)C1=CNNN1. The lowest BCUT2D eigenvalue weighted by atomic mass is 9.98. The summed E-state index contributed by atoms with van der Waals surface area (Å²) in [6.07, 6.45) is 4.32. The molecular weight excluding hydrogens is 486 g/mol. The quantitative estimate of drug-likeness (QED) is 0.231. The highest BCUT2D eigenvalue weighted by Crippen LogP contribution is 2.37. The van der Waals surface area contributed by atoms with Crippen LogP contribution < -0.4 is 27.0 Å². The largest absolute Gasteiger partial charge is 0.373 e. The number of hydrazine groups is 2. The first-order valence-corrected chi connectivity index (χ1v) is 11.2. The van der Waals surface area contributed by atoms with E-state index in [2.05, 4.69) is 43.1 Å². The summed E-state index contributed by atoms with van der Waals surface area (Å²) in [5.74, 6) is -2.32. The summed E-state index contributed by atoms with van der Waals surface area (Å²) in [6, 6.07) is 14.3. The Morgan fingerprint density at radius 1 is 1.08 bits per heavy atom. The number of nitrogens with zero attached hydrogens (tertiary/aromatic N) is 3. The first-order chi connectivity index (χ1) is 17.4. The monoisotopic (exact) mass is 504 g/mol. The highest BCUT2D eigenvalue weighted by Gasteiger charge is 2.22. The molecular formula is C25H19ClF2N8. The van der Waals surface area contributed by atoms with E-state index in [9.17, 15) is 14.0 Å². The molecule has 2 aromatic carbocycles. The van der Waals surface area contributed by atoms with Gasteiger partial charge in [0.2, 0.25) is 5.95 Å². The standard InChI is InChI=1S/C25H19ClF2N8/c1-13-4-2-3-5-17(13)24(21-12-32-36-35-21)33-15-6-18-22(34-16-8-20(27)25(28)31-11-16)14(9-29)10-30-23(18)19(26)7-15/h2-8,10-12,24,32-33,35-36H,1H3,(H,30,34)/t24-/m0/s1. The number of pyridine rings is 2. The van der Waals surface area contributed by atoms with E-state index in [1.54, 1.807) is 12.1 Å². The molecule has 4 aromatic rings. The topological polar surface area (TPSA) is 110 Å². The minimum atomic E-state index is -1.21.